The highest BCUT2D eigenvalue weighted by Crippen LogP contribution is 2.32. The van der Waals surface area contributed by atoms with Crippen LogP contribution in [-0.2, 0) is 6.42 Å². The van der Waals surface area contributed by atoms with Gasteiger partial charge in [-0.1, -0.05) is 36.4 Å². The number of aryl methyl sites for hydroxylation is 1. The van der Waals surface area contributed by atoms with Crippen LogP contribution < -0.4 is 0 Å². The zero-order valence-electron chi connectivity index (χ0n) is 12.3. The summed E-state index contributed by atoms with van der Waals surface area (Å²) in [5.41, 5.74) is 4.22. The predicted octanol–water partition coefficient (Wildman–Crippen LogP) is 4.89. The first-order chi connectivity index (χ1) is 10.8. The van der Waals surface area contributed by atoms with Crippen molar-refractivity contribution in [2.24, 2.45) is 0 Å². The Morgan fingerprint density at radius 1 is 1.05 bits per heavy atom. The minimum absolute atomic E-state index is 0.705. The van der Waals surface area contributed by atoms with Crippen molar-refractivity contribution in [1.29, 1.82) is 5.26 Å². The standard InChI is InChI=1S/C20H16N2/c1-2-3-6-15-11-12-22-14-20(15)19-10-9-16(13-21)17-7-4-5-8-18(17)19/h2,4-5,7-12,14H,1,3,6H2. The Morgan fingerprint density at radius 2 is 1.86 bits per heavy atom. The van der Waals surface area contributed by atoms with Crippen molar-refractivity contribution >= 4 is 10.8 Å². The molecule has 22 heavy (non-hydrogen) atoms. The molecule has 0 aliphatic rings. The van der Waals surface area contributed by atoms with E-state index < -0.39 is 0 Å². The highest BCUT2D eigenvalue weighted by molar-refractivity contribution is 6.00. The molecule has 3 aromatic rings. The molecule has 0 N–H and O–H groups in total. The van der Waals surface area contributed by atoms with E-state index in [2.05, 4.69) is 29.8 Å². The summed E-state index contributed by atoms with van der Waals surface area (Å²) in [4.78, 5) is 4.29. The summed E-state index contributed by atoms with van der Waals surface area (Å²) in [5, 5.41) is 11.4. The highest BCUT2D eigenvalue weighted by atomic mass is 14.6. The lowest BCUT2D eigenvalue weighted by atomic mass is 9.92. The van der Waals surface area contributed by atoms with Crippen molar-refractivity contribution < 1.29 is 0 Å². The second kappa shape index (κ2) is 6.24. The maximum atomic E-state index is 9.29. The van der Waals surface area contributed by atoms with E-state index in [1.54, 1.807) is 0 Å². The Bertz CT molecular complexity index is 872. The number of hydrogen-bond donors (Lipinski definition) is 0. The lowest BCUT2D eigenvalue weighted by Gasteiger charge is -2.12. The van der Waals surface area contributed by atoms with Gasteiger partial charge in [0.25, 0.3) is 0 Å². The molecule has 2 nitrogen and oxygen atoms in total. The zero-order valence-corrected chi connectivity index (χ0v) is 12.3. The zero-order chi connectivity index (χ0) is 15.4. The maximum Gasteiger partial charge on any atom is 0.0998 e. The van der Waals surface area contributed by atoms with Crippen molar-refractivity contribution in [3.05, 3.63) is 78.6 Å². The average molecular weight is 284 g/mol. The van der Waals surface area contributed by atoms with Gasteiger partial charge < -0.3 is 0 Å². The van der Waals surface area contributed by atoms with E-state index in [0.717, 1.165) is 34.7 Å². The van der Waals surface area contributed by atoms with E-state index in [1.807, 2.05) is 48.8 Å². The molecule has 2 aromatic carbocycles. The van der Waals surface area contributed by atoms with Crippen LogP contribution in [0.25, 0.3) is 21.9 Å². The molecule has 0 amide bonds. The number of nitrogens with zero attached hydrogens (tertiary/aromatic N) is 2. The van der Waals surface area contributed by atoms with Gasteiger partial charge in [-0.15, -0.1) is 6.58 Å². The van der Waals surface area contributed by atoms with Crippen molar-refractivity contribution in [2.45, 2.75) is 12.8 Å². The molecule has 0 atom stereocenters. The Balaban J connectivity index is 2.24. The molecular weight excluding hydrogens is 268 g/mol. The Hall–Kier alpha value is -2.92. The first-order valence-corrected chi connectivity index (χ1v) is 7.31. The Labute approximate surface area is 130 Å². The topological polar surface area (TPSA) is 36.7 Å². The van der Waals surface area contributed by atoms with E-state index in [9.17, 15) is 5.26 Å². The molecule has 0 bridgehead atoms. The van der Waals surface area contributed by atoms with Gasteiger partial charge in [0.15, 0.2) is 0 Å². The second-order valence-electron chi connectivity index (χ2n) is 5.18. The summed E-state index contributed by atoms with van der Waals surface area (Å²) in [6.45, 7) is 3.80. The van der Waals surface area contributed by atoms with E-state index in [1.165, 1.54) is 5.56 Å². The third kappa shape index (κ3) is 2.49. The van der Waals surface area contributed by atoms with Gasteiger partial charge in [-0.25, -0.2) is 0 Å². The van der Waals surface area contributed by atoms with Crippen LogP contribution in [0.15, 0.2) is 67.5 Å². The molecule has 0 saturated carbocycles. The van der Waals surface area contributed by atoms with Crippen molar-refractivity contribution in [2.75, 3.05) is 0 Å². The monoisotopic (exact) mass is 284 g/mol. The van der Waals surface area contributed by atoms with E-state index in [-0.39, 0.29) is 0 Å². The minimum Gasteiger partial charge on any atom is -0.264 e. The van der Waals surface area contributed by atoms with Crippen molar-refractivity contribution in [3.63, 3.8) is 0 Å². The number of nitriles is 1. The molecule has 0 spiro atoms. The number of benzene rings is 2. The summed E-state index contributed by atoms with van der Waals surface area (Å²) in [6, 6.07) is 16.3. The Morgan fingerprint density at radius 3 is 2.64 bits per heavy atom. The quantitative estimate of drug-likeness (QED) is 0.639. The number of rotatable bonds is 4. The highest BCUT2D eigenvalue weighted by Gasteiger charge is 2.10. The molecule has 3 rings (SSSR count). The number of aromatic nitrogens is 1. The van der Waals surface area contributed by atoms with Crippen LogP contribution in [0.3, 0.4) is 0 Å². The fraction of sp³-hybridized carbons (Fsp3) is 0.100. The maximum absolute atomic E-state index is 9.29. The van der Waals surface area contributed by atoms with Crippen LogP contribution in [0.2, 0.25) is 0 Å². The van der Waals surface area contributed by atoms with Crippen molar-refractivity contribution in [1.82, 2.24) is 4.98 Å². The molecule has 1 aromatic heterocycles. The van der Waals surface area contributed by atoms with Gasteiger partial charge in [0.2, 0.25) is 0 Å². The third-order valence-corrected chi connectivity index (χ3v) is 3.86. The second-order valence-corrected chi connectivity index (χ2v) is 5.18. The molecule has 1 heterocycles. The SMILES string of the molecule is C=CCCc1ccncc1-c1ccc(C#N)c2ccccc12. The van der Waals surface area contributed by atoms with Crippen molar-refractivity contribution in [3.8, 4) is 17.2 Å². The summed E-state index contributed by atoms with van der Waals surface area (Å²) < 4.78 is 0. The molecule has 0 fully saturated rings. The lowest BCUT2D eigenvalue weighted by Crippen LogP contribution is -1.93. The molecule has 0 radical (unpaired) electrons. The Kier molecular flexibility index (Phi) is 3.98. The summed E-state index contributed by atoms with van der Waals surface area (Å²) in [5.74, 6) is 0. The van der Waals surface area contributed by atoms with Crippen LogP contribution in [0.1, 0.15) is 17.5 Å². The summed E-state index contributed by atoms with van der Waals surface area (Å²) in [6.07, 6.45) is 7.54. The van der Waals surface area contributed by atoms with Gasteiger partial charge in [0, 0.05) is 23.3 Å². The van der Waals surface area contributed by atoms with Crippen LogP contribution >= 0.6 is 0 Å². The van der Waals surface area contributed by atoms with Gasteiger partial charge in [0.05, 0.1) is 11.6 Å². The third-order valence-electron chi connectivity index (χ3n) is 3.86. The molecule has 0 aliphatic carbocycles. The van der Waals surface area contributed by atoms with Gasteiger partial charge in [-0.2, -0.15) is 5.26 Å². The number of allylic oxidation sites excluding steroid dienone is 1. The minimum atomic E-state index is 0.705. The largest absolute Gasteiger partial charge is 0.264 e. The fourth-order valence-electron chi connectivity index (χ4n) is 2.77. The number of hydrogen-bond acceptors (Lipinski definition) is 2. The van der Waals surface area contributed by atoms with Gasteiger partial charge >= 0.3 is 0 Å². The normalized spacial score (nSPS) is 10.3. The average Bonchev–Trinajstić information content (AvgIpc) is 2.59. The first-order valence-electron chi connectivity index (χ1n) is 7.31. The fourth-order valence-corrected chi connectivity index (χ4v) is 2.77. The van der Waals surface area contributed by atoms with Crippen LogP contribution in [0.5, 0.6) is 0 Å². The molecular formula is C20H16N2. The first kappa shape index (κ1) is 14.0. The molecule has 106 valence electrons. The molecule has 2 heteroatoms. The number of fused-ring (bicyclic) bond motifs is 1. The number of pyridine rings is 1. The van der Waals surface area contributed by atoms with Crippen LogP contribution in [0.4, 0.5) is 0 Å². The van der Waals surface area contributed by atoms with E-state index in [0.29, 0.717) is 5.56 Å². The summed E-state index contributed by atoms with van der Waals surface area (Å²) >= 11 is 0. The predicted molar refractivity (Wildman–Crippen MR) is 90.4 cm³/mol. The van der Waals surface area contributed by atoms with Crippen LogP contribution in [0, 0.1) is 11.3 Å². The van der Waals surface area contributed by atoms with Gasteiger partial charge in [-0.05, 0) is 41.5 Å². The smallest absolute Gasteiger partial charge is 0.0998 e. The summed E-state index contributed by atoms with van der Waals surface area (Å²) in [7, 11) is 0. The molecule has 0 aliphatic heterocycles. The van der Waals surface area contributed by atoms with Gasteiger partial charge in [-0.3, -0.25) is 4.98 Å². The van der Waals surface area contributed by atoms with E-state index in [4.69, 9.17) is 0 Å². The molecule has 0 saturated heterocycles. The lowest BCUT2D eigenvalue weighted by molar-refractivity contribution is 1.000. The molecule has 0 unspecified atom stereocenters. The van der Waals surface area contributed by atoms with Crippen LogP contribution in [-0.4, -0.2) is 4.98 Å². The van der Waals surface area contributed by atoms with E-state index >= 15 is 0 Å². The van der Waals surface area contributed by atoms with Gasteiger partial charge in [0.1, 0.15) is 0 Å².